The van der Waals surface area contributed by atoms with Gasteiger partial charge in [-0.3, -0.25) is 14.5 Å². The molecule has 0 spiro atoms. The summed E-state index contributed by atoms with van der Waals surface area (Å²) in [6, 6.07) is 4.77. The second-order valence-electron chi connectivity index (χ2n) is 4.95. The van der Waals surface area contributed by atoms with Crippen molar-refractivity contribution in [2.75, 3.05) is 18.5 Å². The monoisotopic (exact) mass is 292 g/mol. The molecule has 1 aromatic carbocycles. The van der Waals surface area contributed by atoms with Crippen molar-refractivity contribution in [1.82, 2.24) is 4.90 Å². The van der Waals surface area contributed by atoms with Gasteiger partial charge in [-0.2, -0.15) is 0 Å². The molecule has 1 saturated heterocycles. The Hall–Kier alpha value is -1.65. The Morgan fingerprint density at radius 1 is 1.50 bits per heavy atom. The summed E-state index contributed by atoms with van der Waals surface area (Å²) in [6.07, 6.45) is 1.90. The Balaban J connectivity index is 2.28. The molecule has 0 aromatic heterocycles. The Morgan fingerprint density at radius 3 is 2.80 bits per heavy atom. The lowest BCUT2D eigenvalue weighted by atomic mass is 10.2. The average molecular weight is 293 g/mol. The molecule has 1 aliphatic heterocycles. The molecule has 0 aliphatic carbocycles. The Kier molecular flexibility index (Phi) is 4.26. The fourth-order valence-electron chi connectivity index (χ4n) is 2.28. The maximum absolute atomic E-state index is 12.4. The smallest absolute Gasteiger partial charge is 0.251 e. The van der Waals surface area contributed by atoms with Gasteiger partial charge >= 0.3 is 0 Å². The highest BCUT2D eigenvalue weighted by molar-refractivity contribution is 6.32. The number of hydrogen-bond donors (Lipinski definition) is 0. The molecule has 0 bridgehead atoms. The van der Waals surface area contributed by atoms with Gasteiger partial charge in [-0.1, -0.05) is 23.7 Å². The molecule has 106 valence electrons. The molecule has 0 unspecified atom stereocenters. The van der Waals surface area contributed by atoms with E-state index in [0.717, 1.165) is 5.56 Å². The zero-order valence-corrected chi connectivity index (χ0v) is 12.4. The molecular formula is C15H17ClN2O2. The van der Waals surface area contributed by atoms with Crippen LogP contribution in [0.5, 0.6) is 0 Å². The van der Waals surface area contributed by atoms with Crippen molar-refractivity contribution < 1.29 is 9.59 Å². The zero-order valence-electron chi connectivity index (χ0n) is 11.6. The Labute approximate surface area is 123 Å². The van der Waals surface area contributed by atoms with Gasteiger partial charge in [-0.15, -0.1) is 6.58 Å². The first-order valence-electron chi connectivity index (χ1n) is 6.39. The number of nitrogens with zero attached hydrogens (tertiary/aromatic N) is 2. The summed E-state index contributed by atoms with van der Waals surface area (Å²) in [5.74, 6) is -0.407. The number of amides is 2. The number of carbonyl (C=O) groups is 2. The van der Waals surface area contributed by atoms with Crippen molar-refractivity contribution in [3.05, 3.63) is 41.4 Å². The van der Waals surface area contributed by atoms with E-state index in [1.54, 1.807) is 24.3 Å². The summed E-state index contributed by atoms with van der Waals surface area (Å²) in [4.78, 5) is 27.6. The second kappa shape index (κ2) is 5.77. The molecular weight excluding hydrogens is 276 g/mol. The van der Waals surface area contributed by atoms with E-state index in [9.17, 15) is 9.59 Å². The van der Waals surface area contributed by atoms with Gasteiger partial charge in [0.05, 0.1) is 18.2 Å². The number of aryl methyl sites for hydroxylation is 1. The summed E-state index contributed by atoms with van der Waals surface area (Å²) in [7, 11) is 1.81. The van der Waals surface area contributed by atoms with Crippen LogP contribution >= 0.6 is 11.6 Å². The minimum atomic E-state index is -0.430. The third kappa shape index (κ3) is 2.62. The van der Waals surface area contributed by atoms with Crippen LogP contribution in [0.25, 0.3) is 0 Å². The van der Waals surface area contributed by atoms with Gasteiger partial charge in [0, 0.05) is 11.6 Å². The third-order valence-corrected chi connectivity index (χ3v) is 3.89. The highest BCUT2D eigenvalue weighted by Gasteiger charge is 2.41. The van der Waals surface area contributed by atoms with Crippen LogP contribution in [0.1, 0.15) is 12.0 Å². The molecule has 5 heteroatoms. The van der Waals surface area contributed by atoms with Crippen LogP contribution < -0.4 is 4.90 Å². The van der Waals surface area contributed by atoms with Crippen LogP contribution in [0, 0.1) is 6.92 Å². The van der Waals surface area contributed by atoms with Crippen molar-refractivity contribution in [2.45, 2.75) is 19.4 Å². The van der Waals surface area contributed by atoms with Crippen LogP contribution in [-0.4, -0.2) is 36.3 Å². The molecule has 1 atom stereocenters. The van der Waals surface area contributed by atoms with Gasteiger partial charge in [0.2, 0.25) is 5.91 Å². The first-order valence-corrected chi connectivity index (χ1v) is 6.77. The number of hydrogen-bond acceptors (Lipinski definition) is 3. The molecule has 0 radical (unpaired) electrons. The van der Waals surface area contributed by atoms with Crippen LogP contribution in [0.4, 0.5) is 5.69 Å². The van der Waals surface area contributed by atoms with Crippen molar-refractivity contribution in [1.29, 1.82) is 0 Å². The average Bonchev–Trinajstić information content (AvgIpc) is 2.69. The van der Waals surface area contributed by atoms with Gasteiger partial charge < -0.3 is 0 Å². The summed E-state index contributed by atoms with van der Waals surface area (Å²) >= 11 is 6.06. The lowest BCUT2D eigenvalue weighted by Crippen LogP contribution is -2.40. The third-order valence-electron chi connectivity index (χ3n) is 3.49. The van der Waals surface area contributed by atoms with Crippen LogP contribution in [0.3, 0.4) is 0 Å². The highest BCUT2D eigenvalue weighted by Crippen LogP contribution is 2.28. The van der Waals surface area contributed by atoms with Crippen molar-refractivity contribution in [3.63, 3.8) is 0 Å². The van der Waals surface area contributed by atoms with E-state index in [2.05, 4.69) is 6.58 Å². The molecule has 1 heterocycles. The Morgan fingerprint density at radius 2 is 2.20 bits per heavy atom. The quantitative estimate of drug-likeness (QED) is 0.632. The zero-order chi connectivity index (χ0) is 14.9. The minimum Gasteiger partial charge on any atom is -0.291 e. The van der Waals surface area contributed by atoms with Crippen molar-refractivity contribution >= 4 is 29.1 Å². The number of imide groups is 1. The fraction of sp³-hybridized carbons (Fsp3) is 0.333. The predicted molar refractivity (Wildman–Crippen MR) is 79.9 cm³/mol. The normalized spacial score (nSPS) is 19.0. The molecule has 0 saturated carbocycles. The number of rotatable bonds is 4. The molecule has 2 rings (SSSR count). The molecule has 1 aromatic rings. The molecule has 20 heavy (non-hydrogen) atoms. The SMILES string of the molecule is C=CCN(C)[C@@H]1CC(=O)N(c2ccc(C)c(Cl)c2)C1=O. The molecule has 1 fully saturated rings. The van der Waals surface area contributed by atoms with E-state index in [4.69, 9.17) is 11.6 Å². The van der Waals surface area contributed by atoms with Crippen LogP contribution in [0.2, 0.25) is 5.02 Å². The first kappa shape index (κ1) is 14.8. The van der Waals surface area contributed by atoms with Gasteiger partial charge in [0.1, 0.15) is 0 Å². The summed E-state index contributed by atoms with van der Waals surface area (Å²) in [6.45, 7) is 6.08. The molecule has 1 aliphatic rings. The van der Waals surface area contributed by atoms with E-state index < -0.39 is 6.04 Å². The van der Waals surface area contributed by atoms with E-state index >= 15 is 0 Å². The molecule has 4 nitrogen and oxygen atoms in total. The highest BCUT2D eigenvalue weighted by atomic mass is 35.5. The topological polar surface area (TPSA) is 40.6 Å². The fourth-order valence-corrected chi connectivity index (χ4v) is 2.46. The van der Waals surface area contributed by atoms with Crippen molar-refractivity contribution in [3.8, 4) is 0 Å². The van der Waals surface area contributed by atoms with Gasteiger partial charge in [-0.05, 0) is 31.7 Å². The summed E-state index contributed by atoms with van der Waals surface area (Å²) in [5.41, 5.74) is 1.44. The number of anilines is 1. The van der Waals surface area contributed by atoms with E-state index in [-0.39, 0.29) is 18.2 Å². The van der Waals surface area contributed by atoms with E-state index in [1.807, 2.05) is 18.9 Å². The lowest BCUT2D eigenvalue weighted by Gasteiger charge is -2.21. The minimum absolute atomic E-state index is 0.189. The number of likely N-dealkylation sites (N-methyl/N-ethyl adjacent to an activating group) is 1. The predicted octanol–water partition coefficient (Wildman–Crippen LogP) is 2.40. The van der Waals surface area contributed by atoms with E-state index in [0.29, 0.717) is 17.3 Å². The molecule has 0 N–H and O–H groups in total. The summed E-state index contributed by atoms with van der Waals surface area (Å²) in [5, 5.41) is 0.547. The van der Waals surface area contributed by atoms with E-state index in [1.165, 1.54) is 4.90 Å². The largest absolute Gasteiger partial charge is 0.291 e. The maximum Gasteiger partial charge on any atom is 0.251 e. The molecule has 2 amide bonds. The van der Waals surface area contributed by atoms with Crippen LogP contribution in [0.15, 0.2) is 30.9 Å². The number of benzene rings is 1. The lowest BCUT2D eigenvalue weighted by molar-refractivity contribution is -0.122. The second-order valence-corrected chi connectivity index (χ2v) is 5.36. The number of carbonyl (C=O) groups excluding carboxylic acids is 2. The van der Waals surface area contributed by atoms with Gasteiger partial charge in [0.15, 0.2) is 0 Å². The Bertz CT molecular complexity index is 571. The van der Waals surface area contributed by atoms with Crippen LogP contribution in [-0.2, 0) is 9.59 Å². The number of halogens is 1. The van der Waals surface area contributed by atoms with Gasteiger partial charge in [0.25, 0.3) is 5.91 Å². The summed E-state index contributed by atoms with van der Waals surface area (Å²) < 4.78 is 0. The maximum atomic E-state index is 12.4. The standard InChI is InChI=1S/C15H17ClN2O2/c1-4-7-17(3)13-9-14(19)18(15(13)20)11-6-5-10(2)12(16)8-11/h4-6,8,13H,1,7,9H2,2-3H3/t13-/m1/s1. The first-order chi connectivity index (χ1) is 9.45. The van der Waals surface area contributed by atoms with Crippen molar-refractivity contribution in [2.24, 2.45) is 0 Å². The van der Waals surface area contributed by atoms with Gasteiger partial charge in [-0.25, -0.2) is 4.90 Å².